The van der Waals surface area contributed by atoms with Gasteiger partial charge in [-0.25, -0.2) is 4.79 Å². The van der Waals surface area contributed by atoms with Crippen LogP contribution in [0.15, 0.2) is 42.6 Å². The summed E-state index contributed by atoms with van der Waals surface area (Å²) in [5.41, 5.74) is 2.52. The van der Waals surface area contributed by atoms with Crippen LogP contribution in [0, 0.1) is 10.1 Å². The van der Waals surface area contributed by atoms with E-state index in [9.17, 15) is 14.9 Å². The van der Waals surface area contributed by atoms with Crippen molar-refractivity contribution in [2.24, 2.45) is 0 Å². The highest BCUT2D eigenvalue weighted by Gasteiger charge is 2.44. The van der Waals surface area contributed by atoms with E-state index < -0.39 is 4.92 Å². The molecule has 2 unspecified atom stereocenters. The minimum atomic E-state index is -0.452. The standard InChI is InChI=1S/C18H17N3O4/c22-18(25-11-12-4-2-1-3-5-12)20-13-6-7-17(20)15-8-14(21(23)24)10-19-16(15)9-13/h1-5,8,10,13,17H,6-7,9,11H2. The van der Waals surface area contributed by atoms with Crippen LogP contribution in [0.1, 0.15) is 35.7 Å². The van der Waals surface area contributed by atoms with Crippen LogP contribution < -0.4 is 0 Å². The Hall–Kier alpha value is -2.96. The fourth-order valence-electron chi connectivity index (χ4n) is 3.74. The van der Waals surface area contributed by atoms with Gasteiger partial charge in [0.05, 0.1) is 11.0 Å². The molecule has 0 spiro atoms. The second kappa shape index (κ2) is 6.16. The largest absolute Gasteiger partial charge is 0.445 e. The molecule has 2 aliphatic rings. The van der Waals surface area contributed by atoms with Crippen LogP contribution in [0.4, 0.5) is 10.5 Å². The van der Waals surface area contributed by atoms with Gasteiger partial charge >= 0.3 is 6.09 Å². The van der Waals surface area contributed by atoms with Crippen molar-refractivity contribution in [2.75, 3.05) is 0 Å². The third kappa shape index (κ3) is 2.82. The van der Waals surface area contributed by atoms with Gasteiger partial charge in [-0.2, -0.15) is 0 Å². The number of benzene rings is 1. The SMILES string of the molecule is O=C(OCc1ccccc1)N1C2CCC1c1cc([N+](=O)[O-])cnc1C2. The van der Waals surface area contributed by atoms with Gasteiger partial charge in [0.25, 0.3) is 5.69 Å². The van der Waals surface area contributed by atoms with Crippen LogP contribution >= 0.6 is 0 Å². The lowest BCUT2D eigenvalue weighted by atomic mass is 9.98. The molecule has 4 rings (SSSR count). The average Bonchev–Trinajstić information content (AvgIpc) is 2.95. The Bertz CT molecular complexity index is 824. The monoisotopic (exact) mass is 339 g/mol. The van der Waals surface area contributed by atoms with Crippen LogP contribution in [0.2, 0.25) is 0 Å². The first-order chi connectivity index (χ1) is 12.1. The number of aromatic nitrogens is 1. The number of rotatable bonds is 3. The lowest BCUT2D eigenvalue weighted by molar-refractivity contribution is -0.385. The van der Waals surface area contributed by atoms with E-state index in [1.807, 2.05) is 30.3 Å². The third-order valence-electron chi connectivity index (χ3n) is 4.91. The number of nitrogens with zero attached hydrogens (tertiary/aromatic N) is 3. The smallest absolute Gasteiger partial charge is 0.410 e. The first-order valence-corrected chi connectivity index (χ1v) is 8.25. The molecule has 0 radical (unpaired) electrons. The molecule has 2 aliphatic heterocycles. The number of pyridine rings is 1. The lowest BCUT2D eigenvalue weighted by Gasteiger charge is -2.34. The maximum atomic E-state index is 12.6. The molecule has 2 bridgehead atoms. The highest BCUT2D eigenvalue weighted by Crippen LogP contribution is 2.44. The summed E-state index contributed by atoms with van der Waals surface area (Å²) in [6, 6.07) is 10.9. The molecule has 1 aromatic heterocycles. The summed E-state index contributed by atoms with van der Waals surface area (Å²) in [6.07, 6.45) is 3.18. The van der Waals surface area contributed by atoms with Gasteiger partial charge in [0.15, 0.2) is 0 Å². The van der Waals surface area contributed by atoms with Crippen LogP contribution in [-0.4, -0.2) is 26.9 Å². The number of ether oxygens (including phenoxy) is 1. The zero-order valence-corrected chi connectivity index (χ0v) is 13.5. The van der Waals surface area contributed by atoms with Gasteiger partial charge in [0, 0.05) is 29.8 Å². The van der Waals surface area contributed by atoms with E-state index >= 15 is 0 Å². The summed E-state index contributed by atoms with van der Waals surface area (Å²) < 4.78 is 5.47. The van der Waals surface area contributed by atoms with Crippen molar-refractivity contribution in [1.29, 1.82) is 0 Å². The number of nitro groups is 1. The van der Waals surface area contributed by atoms with Gasteiger partial charge in [-0.3, -0.25) is 20.0 Å². The highest BCUT2D eigenvalue weighted by molar-refractivity contribution is 5.70. The minimum Gasteiger partial charge on any atom is -0.445 e. The van der Waals surface area contributed by atoms with Crippen LogP contribution in [0.3, 0.4) is 0 Å². The Kier molecular flexibility index (Phi) is 3.83. The molecular formula is C18H17N3O4. The Labute approximate surface area is 144 Å². The van der Waals surface area contributed by atoms with Crippen LogP contribution in [-0.2, 0) is 17.8 Å². The third-order valence-corrected chi connectivity index (χ3v) is 4.91. The Balaban J connectivity index is 1.54. The molecule has 128 valence electrons. The number of amides is 1. The summed E-state index contributed by atoms with van der Waals surface area (Å²) >= 11 is 0. The fraction of sp³-hybridized carbons (Fsp3) is 0.333. The molecule has 3 heterocycles. The Morgan fingerprint density at radius 2 is 2.12 bits per heavy atom. The number of fused-ring (bicyclic) bond motifs is 4. The molecule has 0 aliphatic carbocycles. The molecule has 2 atom stereocenters. The van der Waals surface area contributed by atoms with Crippen molar-refractivity contribution in [2.45, 2.75) is 38.0 Å². The van der Waals surface area contributed by atoms with Crippen molar-refractivity contribution in [3.05, 3.63) is 69.5 Å². The van der Waals surface area contributed by atoms with Crippen molar-refractivity contribution in [1.82, 2.24) is 9.88 Å². The van der Waals surface area contributed by atoms with Gasteiger partial charge in [-0.1, -0.05) is 30.3 Å². The molecule has 1 saturated heterocycles. The van der Waals surface area contributed by atoms with Crippen LogP contribution in [0.5, 0.6) is 0 Å². The zero-order chi connectivity index (χ0) is 17.4. The summed E-state index contributed by atoms with van der Waals surface area (Å²) in [5, 5.41) is 11.0. The molecule has 1 aromatic carbocycles. The molecule has 7 heteroatoms. The van der Waals surface area contributed by atoms with Gasteiger partial charge < -0.3 is 4.74 Å². The molecule has 7 nitrogen and oxygen atoms in total. The van der Waals surface area contributed by atoms with Gasteiger partial charge in [-0.05, 0) is 18.4 Å². The zero-order valence-electron chi connectivity index (χ0n) is 13.5. The molecule has 0 N–H and O–H groups in total. The van der Waals surface area contributed by atoms with E-state index in [1.54, 1.807) is 11.0 Å². The average molecular weight is 339 g/mol. The first kappa shape index (κ1) is 15.6. The van der Waals surface area contributed by atoms with Gasteiger partial charge in [0.1, 0.15) is 12.8 Å². The topological polar surface area (TPSA) is 85.6 Å². The predicted octanol–water partition coefficient (Wildman–Crippen LogP) is 3.39. The molecule has 0 saturated carbocycles. The molecule has 25 heavy (non-hydrogen) atoms. The quantitative estimate of drug-likeness (QED) is 0.632. The Morgan fingerprint density at radius 1 is 1.32 bits per heavy atom. The second-order valence-corrected chi connectivity index (χ2v) is 6.39. The fourth-order valence-corrected chi connectivity index (χ4v) is 3.74. The highest BCUT2D eigenvalue weighted by atomic mass is 16.6. The second-order valence-electron chi connectivity index (χ2n) is 6.39. The Morgan fingerprint density at radius 3 is 2.88 bits per heavy atom. The first-order valence-electron chi connectivity index (χ1n) is 8.25. The maximum Gasteiger partial charge on any atom is 0.410 e. The lowest BCUT2D eigenvalue weighted by Crippen LogP contribution is -2.42. The van der Waals surface area contributed by atoms with Gasteiger partial charge in [0.2, 0.25) is 0 Å². The van der Waals surface area contributed by atoms with Crippen molar-refractivity contribution < 1.29 is 14.5 Å². The maximum absolute atomic E-state index is 12.6. The molecule has 1 fully saturated rings. The number of carbonyl (C=O) groups excluding carboxylic acids is 1. The normalized spacial score (nSPS) is 20.9. The van der Waals surface area contributed by atoms with E-state index in [0.29, 0.717) is 6.42 Å². The molecule has 1 amide bonds. The van der Waals surface area contributed by atoms with E-state index in [4.69, 9.17) is 4.74 Å². The summed E-state index contributed by atoms with van der Waals surface area (Å²) in [5.74, 6) is 0. The van der Waals surface area contributed by atoms with E-state index in [-0.39, 0.29) is 30.5 Å². The van der Waals surface area contributed by atoms with Gasteiger partial charge in [-0.15, -0.1) is 0 Å². The van der Waals surface area contributed by atoms with Crippen molar-refractivity contribution in [3.8, 4) is 0 Å². The number of hydrogen-bond acceptors (Lipinski definition) is 5. The van der Waals surface area contributed by atoms with E-state index in [2.05, 4.69) is 4.98 Å². The van der Waals surface area contributed by atoms with E-state index in [0.717, 1.165) is 29.7 Å². The van der Waals surface area contributed by atoms with E-state index in [1.165, 1.54) is 6.20 Å². The molecular weight excluding hydrogens is 322 g/mol. The van der Waals surface area contributed by atoms with Crippen molar-refractivity contribution in [3.63, 3.8) is 0 Å². The van der Waals surface area contributed by atoms with Crippen molar-refractivity contribution >= 4 is 11.8 Å². The summed E-state index contributed by atoms with van der Waals surface area (Å²) in [4.78, 5) is 29.2. The minimum absolute atomic E-state index is 0.0401. The summed E-state index contributed by atoms with van der Waals surface area (Å²) in [7, 11) is 0. The van der Waals surface area contributed by atoms with Crippen LogP contribution in [0.25, 0.3) is 0 Å². The number of hydrogen-bond donors (Lipinski definition) is 0. The summed E-state index contributed by atoms with van der Waals surface area (Å²) in [6.45, 7) is 0.218. The molecule has 2 aromatic rings. The predicted molar refractivity (Wildman–Crippen MR) is 88.8 cm³/mol. The number of carbonyl (C=O) groups is 1.